The minimum atomic E-state index is -4.21. The number of halogens is 5. The molecule has 0 spiro atoms. The van der Waals surface area contributed by atoms with Crippen LogP contribution in [0.5, 0.6) is 0 Å². The highest BCUT2D eigenvalue weighted by molar-refractivity contribution is 7.93. The van der Waals surface area contributed by atoms with Gasteiger partial charge < -0.3 is 4.90 Å². The molecule has 0 unspecified atom stereocenters. The third-order valence-corrected chi connectivity index (χ3v) is 9.27. The van der Waals surface area contributed by atoms with Gasteiger partial charge in [0, 0.05) is 37.3 Å². The van der Waals surface area contributed by atoms with E-state index in [1.165, 1.54) is 24.5 Å². The quantitative estimate of drug-likeness (QED) is 0.354. The second-order valence-corrected chi connectivity index (χ2v) is 11.4. The number of amides is 1. The molecule has 1 aliphatic heterocycles. The Hall–Kier alpha value is -1.99. The summed E-state index contributed by atoms with van der Waals surface area (Å²) in [5.74, 6) is -0.927. The van der Waals surface area contributed by atoms with Gasteiger partial charge in [-0.1, -0.05) is 12.1 Å². The van der Waals surface area contributed by atoms with E-state index in [0.717, 1.165) is 12.8 Å². The summed E-state index contributed by atoms with van der Waals surface area (Å²) < 4.78 is 62.3. The number of carbonyl (C=O) groups excluding carboxylic acids is 1. The summed E-state index contributed by atoms with van der Waals surface area (Å²) in [5.41, 5.74) is 3.01. The molecule has 0 atom stereocenters. The fourth-order valence-corrected chi connectivity index (χ4v) is 6.50. The molecule has 1 saturated carbocycles. The van der Waals surface area contributed by atoms with Crippen LogP contribution in [0.15, 0.2) is 41.6 Å². The molecule has 8 nitrogen and oxygen atoms in total. The Labute approximate surface area is 225 Å². The molecule has 206 valence electrons. The number of aryl methyl sites for hydroxylation is 1. The molecule has 0 bridgehead atoms. The van der Waals surface area contributed by atoms with Crippen LogP contribution in [0.3, 0.4) is 0 Å². The Bertz CT molecular complexity index is 1150. The topological polar surface area (TPSA) is 112 Å². The van der Waals surface area contributed by atoms with Crippen molar-refractivity contribution in [3.8, 4) is 11.3 Å². The van der Waals surface area contributed by atoms with Crippen LogP contribution in [0.2, 0.25) is 0 Å². The van der Waals surface area contributed by atoms with Crippen molar-refractivity contribution >= 4 is 40.6 Å². The normalized spacial score (nSPS) is 17.8. The fourth-order valence-electron chi connectivity index (χ4n) is 4.54. The number of alkyl halides is 3. The number of nitrogens with zero attached hydrogens (tertiary/aromatic N) is 3. The number of benzene rings is 1. The number of piperidine rings is 1. The molecule has 2 aliphatic rings. The first kappa shape index (κ1) is 31.2. The molecule has 2 fully saturated rings. The molecular formula is C23H29Cl2F3N4O4S. The van der Waals surface area contributed by atoms with E-state index < -0.39 is 33.1 Å². The van der Waals surface area contributed by atoms with E-state index in [1.807, 2.05) is 0 Å². The summed E-state index contributed by atoms with van der Waals surface area (Å²) in [6.07, 6.45) is 0.132. The van der Waals surface area contributed by atoms with E-state index in [-0.39, 0.29) is 55.4 Å². The summed E-state index contributed by atoms with van der Waals surface area (Å²) in [5, 5.41) is 9.31. The van der Waals surface area contributed by atoms with Gasteiger partial charge in [0.15, 0.2) is 14.6 Å². The van der Waals surface area contributed by atoms with E-state index in [2.05, 4.69) is 14.9 Å². The van der Waals surface area contributed by atoms with E-state index in [1.54, 1.807) is 17.6 Å². The molecule has 2 aromatic rings. The van der Waals surface area contributed by atoms with Gasteiger partial charge in [-0.2, -0.15) is 13.2 Å². The summed E-state index contributed by atoms with van der Waals surface area (Å²) >= 11 is 0. The van der Waals surface area contributed by atoms with Gasteiger partial charge in [-0.15, -0.1) is 24.8 Å². The van der Waals surface area contributed by atoms with E-state index in [0.29, 0.717) is 36.1 Å². The largest absolute Gasteiger partial charge is 0.389 e. The first-order chi connectivity index (χ1) is 16.6. The molecule has 1 aromatic carbocycles. The lowest BCUT2D eigenvalue weighted by Gasteiger charge is -2.39. The summed E-state index contributed by atoms with van der Waals surface area (Å²) in [4.78, 5) is 23.2. The van der Waals surface area contributed by atoms with Crippen LogP contribution in [-0.2, 0) is 21.1 Å². The standard InChI is InChI=1S/C23H27F3N4O4S.2ClH/c24-23(25,26)9-1-2-17-14-28-20(15-27-17)16-3-7-19(8-4-16)35(33,34)22(21(31)29-32)10-12-30(13-11-22)18-5-6-18;;/h3-4,7-8,14-15,18,32H,1-2,5-6,9-13H2,(H,29,31);2*1H. The van der Waals surface area contributed by atoms with Gasteiger partial charge in [0.25, 0.3) is 5.91 Å². The average Bonchev–Trinajstić information content (AvgIpc) is 3.69. The minimum absolute atomic E-state index is 0. The Morgan fingerprint density at radius 2 is 1.70 bits per heavy atom. The number of sulfone groups is 1. The van der Waals surface area contributed by atoms with Crippen molar-refractivity contribution in [3.63, 3.8) is 0 Å². The van der Waals surface area contributed by atoms with E-state index in [9.17, 15) is 31.6 Å². The number of hydroxylamine groups is 1. The minimum Gasteiger partial charge on any atom is -0.300 e. The van der Waals surface area contributed by atoms with Gasteiger partial charge in [-0.05, 0) is 50.7 Å². The molecule has 2 heterocycles. The van der Waals surface area contributed by atoms with Crippen molar-refractivity contribution in [2.24, 2.45) is 0 Å². The molecule has 1 aromatic heterocycles. The van der Waals surface area contributed by atoms with Crippen molar-refractivity contribution in [2.45, 2.75) is 66.8 Å². The van der Waals surface area contributed by atoms with Gasteiger partial charge in [-0.3, -0.25) is 20.0 Å². The van der Waals surface area contributed by atoms with Crippen LogP contribution < -0.4 is 5.48 Å². The maximum Gasteiger partial charge on any atom is 0.389 e. The zero-order valence-electron chi connectivity index (χ0n) is 19.8. The number of carbonyl (C=O) groups is 1. The zero-order chi connectivity index (χ0) is 25.3. The van der Waals surface area contributed by atoms with Crippen LogP contribution >= 0.6 is 24.8 Å². The number of hydrogen-bond donors (Lipinski definition) is 2. The van der Waals surface area contributed by atoms with Crippen molar-refractivity contribution < 1.29 is 31.6 Å². The maximum absolute atomic E-state index is 13.6. The predicted molar refractivity (Wildman–Crippen MR) is 135 cm³/mol. The van der Waals surface area contributed by atoms with Crippen molar-refractivity contribution in [3.05, 3.63) is 42.4 Å². The van der Waals surface area contributed by atoms with Gasteiger partial charge in [0.1, 0.15) is 0 Å². The van der Waals surface area contributed by atoms with Gasteiger partial charge in [-0.25, -0.2) is 13.9 Å². The fraction of sp³-hybridized carbons (Fsp3) is 0.522. The Morgan fingerprint density at radius 1 is 1.08 bits per heavy atom. The molecule has 0 radical (unpaired) electrons. The summed E-state index contributed by atoms with van der Waals surface area (Å²) in [7, 11) is -4.12. The van der Waals surface area contributed by atoms with E-state index in [4.69, 9.17) is 0 Å². The Morgan fingerprint density at radius 3 is 2.19 bits per heavy atom. The third-order valence-electron chi connectivity index (χ3n) is 6.76. The Balaban J connectivity index is 0.00000241. The second-order valence-electron chi connectivity index (χ2n) is 9.09. The number of aromatic nitrogens is 2. The average molecular weight is 585 g/mol. The molecule has 37 heavy (non-hydrogen) atoms. The SMILES string of the molecule is Cl.Cl.O=C(NO)C1(S(=O)(=O)c2ccc(-c3cnc(CCCC(F)(F)F)cn3)cc2)CCN(C2CC2)CC1. The number of rotatable bonds is 8. The highest BCUT2D eigenvalue weighted by Gasteiger charge is 2.54. The lowest BCUT2D eigenvalue weighted by molar-refractivity contribution is -0.135. The first-order valence-corrected chi connectivity index (χ1v) is 13.0. The van der Waals surface area contributed by atoms with Crippen LogP contribution in [0.4, 0.5) is 13.2 Å². The molecule has 2 N–H and O–H groups in total. The van der Waals surface area contributed by atoms with Crippen LogP contribution in [-0.4, -0.2) is 64.5 Å². The maximum atomic E-state index is 13.6. The second kappa shape index (κ2) is 12.2. The molecule has 1 aliphatic carbocycles. The monoisotopic (exact) mass is 584 g/mol. The predicted octanol–water partition coefficient (Wildman–Crippen LogP) is 4.15. The highest BCUT2D eigenvalue weighted by Crippen LogP contribution is 2.39. The van der Waals surface area contributed by atoms with Crippen molar-refractivity contribution in [2.75, 3.05) is 13.1 Å². The zero-order valence-corrected chi connectivity index (χ0v) is 22.2. The summed E-state index contributed by atoms with van der Waals surface area (Å²) in [6.45, 7) is 0.917. The smallest absolute Gasteiger partial charge is 0.300 e. The highest BCUT2D eigenvalue weighted by atomic mass is 35.5. The van der Waals surface area contributed by atoms with Gasteiger partial charge >= 0.3 is 6.18 Å². The molecule has 14 heteroatoms. The lowest BCUT2D eigenvalue weighted by atomic mass is 9.94. The van der Waals surface area contributed by atoms with Crippen LogP contribution in [0.25, 0.3) is 11.3 Å². The van der Waals surface area contributed by atoms with Crippen molar-refractivity contribution in [1.82, 2.24) is 20.3 Å². The number of nitrogens with one attached hydrogen (secondary N) is 1. The van der Waals surface area contributed by atoms with Gasteiger partial charge in [0.2, 0.25) is 0 Å². The molecule has 1 amide bonds. The van der Waals surface area contributed by atoms with Crippen molar-refractivity contribution in [1.29, 1.82) is 0 Å². The first-order valence-electron chi connectivity index (χ1n) is 11.5. The third kappa shape index (κ3) is 6.91. The van der Waals surface area contributed by atoms with Crippen LogP contribution in [0.1, 0.15) is 44.2 Å². The number of likely N-dealkylation sites (tertiary alicyclic amines) is 1. The molecule has 4 rings (SSSR count). The molecular weight excluding hydrogens is 556 g/mol. The summed E-state index contributed by atoms with van der Waals surface area (Å²) in [6, 6.07) is 6.32. The van der Waals surface area contributed by atoms with Crippen LogP contribution in [0, 0.1) is 0 Å². The number of hydrogen-bond acceptors (Lipinski definition) is 7. The Kier molecular flexibility index (Phi) is 10.3. The molecule has 1 saturated heterocycles. The lowest BCUT2D eigenvalue weighted by Crippen LogP contribution is -2.58. The van der Waals surface area contributed by atoms with E-state index >= 15 is 0 Å². The van der Waals surface area contributed by atoms with Gasteiger partial charge in [0.05, 0.1) is 22.5 Å².